The summed E-state index contributed by atoms with van der Waals surface area (Å²) in [5.41, 5.74) is 0.468. The average Bonchev–Trinajstić information content (AvgIpc) is 1.81. The van der Waals surface area contributed by atoms with Gasteiger partial charge in [0.1, 0.15) is 0 Å². The van der Waals surface area contributed by atoms with Crippen molar-refractivity contribution in [2.45, 2.75) is 27.2 Å². The molecule has 2 nitrogen and oxygen atoms in total. The largest absolute Gasteiger partial charge is 0.396 e. The van der Waals surface area contributed by atoms with Gasteiger partial charge < -0.3 is 10.0 Å². The van der Waals surface area contributed by atoms with Crippen LogP contribution in [0.15, 0.2) is 0 Å². The molecule has 1 N–H and O–H groups in total. The van der Waals surface area contributed by atoms with Gasteiger partial charge >= 0.3 is 0 Å². The zero-order valence-corrected chi connectivity index (χ0v) is 8.51. The van der Waals surface area contributed by atoms with E-state index in [2.05, 4.69) is 25.7 Å². The molecule has 1 fully saturated rings. The Morgan fingerprint density at radius 1 is 1.33 bits per heavy atom. The molecule has 1 aliphatic rings. The summed E-state index contributed by atoms with van der Waals surface area (Å²) in [5, 5.41) is 8.63. The molecular formula is C10H21NO. The SMILES string of the molecule is CC(C)(C)C1CN(CCCO)C1. The van der Waals surface area contributed by atoms with E-state index in [4.69, 9.17) is 5.11 Å². The maximum atomic E-state index is 8.63. The van der Waals surface area contributed by atoms with E-state index in [-0.39, 0.29) is 0 Å². The fourth-order valence-corrected chi connectivity index (χ4v) is 1.59. The Morgan fingerprint density at radius 2 is 1.92 bits per heavy atom. The van der Waals surface area contributed by atoms with Gasteiger partial charge in [0.25, 0.3) is 0 Å². The quantitative estimate of drug-likeness (QED) is 0.693. The van der Waals surface area contributed by atoms with E-state index in [0.717, 1.165) is 18.9 Å². The van der Waals surface area contributed by atoms with Gasteiger partial charge in [-0.05, 0) is 17.8 Å². The topological polar surface area (TPSA) is 23.5 Å². The number of aliphatic hydroxyl groups is 1. The highest BCUT2D eigenvalue weighted by Gasteiger charge is 2.34. The molecule has 0 aromatic carbocycles. The first-order valence-electron chi connectivity index (χ1n) is 4.87. The number of likely N-dealkylation sites (tertiary alicyclic amines) is 1. The van der Waals surface area contributed by atoms with Gasteiger partial charge in [-0.1, -0.05) is 20.8 Å². The van der Waals surface area contributed by atoms with E-state index in [9.17, 15) is 0 Å². The first kappa shape index (κ1) is 10.0. The van der Waals surface area contributed by atoms with Crippen LogP contribution in [0, 0.1) is 11.3 Å². The Hall–Kier alpha value is -0.0800. The normalized spacial score (nSPS) is 21.0. The summed E-state index contributed by atoms with van der Waals surface area (Å²) in [6, 6.07) is 0. The minimum atomic E-state index is 0.330. The van der Waals surface area contributed by atoms with Crippen molar-refractivity contribution < 1.29 is 5.11 Å². The van der Waals surface area contributed by atoms with Gasteiger partial charge in [0.05, 0.1) is 0 Å². The van der Waals surface area contributed by atoms with Crippen molar-refractivity contribution in [1.29, 1.82) is 0 Å². The molecule has 0 aromatic rings. The zero-order chi connectivity index (χ0) is 9.19. The molecule has 72 valence electrons. The summed E-state index contributed by atoms with van der Waals surface area (Å²) >= 11 is 0. The lowest BCUT2D eigenvalue weighted by Gasteiger charge is -2.46. The second-order valence-electron chi connectivity index (χ2n) is 4.90. The Morgan fingerprint density at radius 3 is 2.33 bits per heavy atom. The molecule has 12 heavy (non-hydrogen) atoms. The van der Waals surface area contributed by atoms with Crippen LogP contribution in [-0.4, -0.2) is 36.2 Å². The van der Waals surface area contributed by atoms with Crippen LogP contribution >= 0.6 is 0 Å². The smallest absolute Gasteiger partial charge is 0.0443 e. The molecule has 0 bridgehead atoms. The summed E-state index contributed by atoms with van der Waals surface area (Å²) in [7, 11) is 0. The van der Waals surface area contributed by atoms with Crippen LogP contribution in [0.5, 0.6) is 0 Å². The lowest BCUT2D eigenvalue weighted by Crippen LogP contribution is -2.52. The molecule has 1 heterocycles. The molecule has 0 radical (unpaired) electrons. The summed E-state index contributed by atoms with van der Waals surface area (Å²) in [5.74, 6) is 0.858. The van der Waals surface area contributed by atoms with Crippen LogP contribution in [0.25, 0.3) is 0 Å². The second-order valence-corrected chi connectivity index (χ2v) is 4.90. The lowest BCUT2D eigenvalue weighted by molar-refractivity contribution is 0.0213. The summed E-state index contributed by atoms with van der Waals surface area (Å²) < 4.78 is 0. The molecule has 1 aliphatic heterocycles. The maximum absolute atomic E-state index is 8.63. The number of hydrogen-bond acceptors (Lipinski definition) is 2. The van der Waals surface area contributed by atoms with Crippen molar-refractivity contribution in [2.24, 2.45) is 11.3 Å². The third-order valence-corrected chi connectivity index (χ3v) is 2.81. The van der Waals surface area contributed by atoms with Gasteiger partial charge in [0.15, 0.2) is 0 Å². The highest BCUT2D eigenvalue weighted by atomic mass is 16.3. The summed E-state index contributed by atoms with van der Waals surface area (Å²) in [4.78, 5) is 2.42. The average molecular weight is 171 g/mol. The third-order valence-electron chi connectivity index (χ3n) is 2.81. The molecule has 0 aromatic heterocycles. The Kier molecular flexibility index (Phi) is 3.13. The number of aliphatic hydroxyl groups excluding tert-OH is 1. The van der Waals surface area contributed by atoms with E-state index < -0.39 is 0 Å². The van der Waals surface area contributed by atoms with Crippen LogP contribution in [0.3, 0.4) is 0 Å². The second kappa shape index (κ2) is 3.75. The van der Waals surface area contributed by atoms with Crippen molar-refractivity contribution in [1.82, 2.24) is 4.90 Å². The molecule has 0 unspecified atom stereocenters. The Labute approximate surface area is 75.6 Å². The molecule has 0 spiro atoms. The maximum Gasteiger partial charge on any atom is 0.0443 e. The van der Waals surface area contributed by atoms with Crippen molar-refractivity contribution in [3.63, 3.8) is 0 Å². The van der Waals surface area contributed by atoms with Gasteiger partial charge in [-0.15, -0.1) is 0 Å². The van der Waals surface area contributed by atoms with Crippen molar-refractivity contribution in [3.8, 4) is 0 Å². The van der Waals surface area contributed by atoms with Crippen LogP contribution in [0.4, 0.5) is 0 Å². The number of hydrogen-bond donors (Lipinski definition) is 1. The van der Waals surface area contributed by atoms with E-state index >= 15 is 0 Å². The molecule has 2 heteroatoms. The fraction of sp³-hybridized carbons (Fsp3) is 1.00. The van der Waals surface area contributed by atoms with Crippen molar-refractivity contribution in [2.75, 3.05) is 26.2 Å². The van der Waals surface area contributed by atoms with E-state index in [1.165, 1.54) is 13.1 Å². The predicted molar refractivity (Wildman–Crippen MR) is 51.1 cm³/mol. The van der Waals surface area contributed by atoms with Gasteiger partial charge in [-0.3, -0.25) is 0 Å². The summed E-state index contributed by atoms with van der Waals surface area (Å²) in [6.07, 6.45) is 0.927. The molecule has 0 aliphatic carbocycles. The molecule has 1 rings (SSSR count). The van der Waals surface area contributed by atoms with E-state index in [1.807, 2.05) is 0 Å². The van der Waals surface area contributed by atoms with Crippen LogP contribution in [-0.2, 0) is 0 Å². The fourth-order valence-electron chi connectivity index (χ4n) is 1.59. The van der Waals surface area contributed by atoms with Gasteiger partial charge in [0, 0.05) is 26.2 Å². The zero-order valence-electron chi connectivity index (χ0n) is 8.51. The van der Waals surface area contributed by atoms with Gasteiger partial charge in [-0.25, -0.2) is 0 Å². The minimum Gasteiger partial charge on any atom is -0.396 e. The van der Waals surface area contributed by atoms with Crippen molar-refractivity contribution in [3.05, 3.63) is 0 Å². The standard InChI is InChI=1S/C10H21NO/c1-10(2,3)9-7-11(8-9)5-4-6-12/h9,12H,4-8H2,1-3H3. The highest BCUT2D eigenvalue weighted by Crippen LogP contribution is 2.33. The number of rotatable bonds is 3. The molecular weight excluding hydrogens is 150 g/mol. The number of nitrogens with zero attached hydrogens (tertiary/aromatic N) is 1. The third kappa shape index (κ3) is 2.46. The van der Waals surface area contributed by atoms with E-state index in [0.29, 0.717) is 12.0 Å². The first-order chi connectivity index (χ1) is 5.54. The molecule has 0 atom stereocenters. The van der Waals surface area contributed by atoms with Crippen molar-refractivity contribution >= 4 is 0 Å². The predicted octanol–water partition coefficient (Wildman–Crippen LogP) is 1.35. The lowest BCUT2D eigenvalue weighted by atomic mass is 9.76. The first-order valence-corrected chi connectivity index (χ1v) is 4.87. The Bertz CT molecular complexity index is 133. The van der Waals surface area contributed by atoms with Crippen LogP contribution in [0.1, 0.15) is 27.2 Å². The van der Waals surface area contributed by atoms with E-state index in [1.54, 1.807) is 0 Å². The van der Waals surface area contributed by atoms with Gasteiger partial charge in [-0.2, -0.15) is 0 Å². The minimum absolute atomic E-state index is 0.330. The molecule has 0 amide bonds. The summed E-state index contributed by atoms with van der Waals surface area (Å²) in [6.45, 7) is 10.8. The van der Waals surface area contributed by atoms with Gasteiger partial charge in [0.2, 0.25) is 0 Å². The Balaban J connectivity index is 2.12. The monoisotopic (exact) mass is 171 g/mol. The molecule has 0 saturated carbocycles. The molecule has 1 saturated heterocycles. The van der Waals surface area contributed by atoms with Crippen LogP contribution < -0.4 is 0 Å². The van der Waals surface area contributed by atoms with Crippen LogP contribution in [0.2, 0.25) is 0 Å². The highest BCUT2D eigenvalue weighted by molar-refractivity contribution is 4.87.